The molecule has 0 bridgehead atoms. The maximum atomic E-state index is 5.70. The van der Waals surface area contributed by atoms with Crippen LogP contribution < -0.4 is 9.47 Å². The molecule has 1 fully saturated rings. The second kappa shape index (κ2) is 5.06. The number of hydrogen-bond donors (Lipinski definition) is 0. The molecule has 2 rings (SSSR count). The van der Waals surface area contributed by atoms with E-state index in [2.05, 4.69) is 15.9 Å². The standard InChI is InChI=1S/C12H15BrO3/c1-14-8-3-4-9(11(7-8)15-2)12-10(13)5-6-16-12/h3-4,7,10,12H,5-6H2,1-2H3. The molecule has 1 aromatic rings. The normalized spacial score (nSPS) is 24.4. The van der Waals surface area contributed by atoms with Crippen LogP contribution in [-0.2, 0) is 4.74 Å². The highest BCUT2D eigenvalue weighted by atomic mass is 79.9. The molecule has 0 amide bonds. The maximum Gasteiger partial charge on any atom is 0.128 e. The Morgan fingerprint density at radius 2 is 2.12 bits per heavy atom. The van der Waals surface area contributed by atoms with E-state index in [1.54, 1.807) is 14.2 Å². The fraction of sp³-hybridized carbons (Fsp3) is 0.500. The van der Waals surface area contributed by atoms with Gasteiger partial charge in [-0.2, -0.15) is 0 Å². The van der Waals surface area contributed by atoms with Gasteiger partial charge in [0, 0.05) is 23.1 Å². The van der Waals surface area contributed by atoms with E-state index >= 15 is 0 Å². The van der Waals surface area contributed by atoms with E-state index in [-0.39, 0.29) is 6.10 Å². The molecule has 1 saturated heterocycles. The third-order valence-corrected chi connectivity index (χ3v) is 3.70. The smallest absolute Gasteiger partial charge is 0.128 e. The van der Waals surface area contributed by atoms with Gasteiger partial charge in [-0.05, 0) is 18.6 Å². The Hall–Kier alpha value is -0.740. The fourth-order valence-corrected chi connectivity index (χ4v) is 2.53. The van der Waals surface area contributed by atoms with Crippen LogP contribution in [0.4, 0.5) is 0 Å². The molecule has 1 aromatic carbocycles. The summed E-state index contributed by atoms with van der Waals surface area (Å²) in [5.41, 5.74) is 1.07. The van der Waals surface area contributed by atoms with E-state index in [1.165, 1.54) is 0 Å². The first kappa shape index (κ1) is 11.7. The van der Waals surface area contributed by atoms with E-state index in [4.69, 9.17) is 14.2 Å². The number of benzene rings is 1. The fourth-order valence-electron chi connectivity index (χ4n) is 1.90. The van der Waals surface area contributed by atoms with Gasteiger partial charge in [-0.1, -0.05) is 15.9 Å². The summed E-state index contributed by atoms with van der Waals surface area (Å²) >= 11 is 3.63. The molecular formula is C12H15BrO3. The molecule has 1 heterocycles. The Bertz CT molecular complexity index is 367. The summed E-state index contributed by atoms with van der Waals surface area (Å²) in [6.07, 6.45) is 1.10. The van der Waals surface area contributed by atoms with Crippen molar-refractivity contribution < 1.29 is 14.2 Å². The minimum atomic E-state index is 0.0702. The van der Waals surface area contributed by atoms with Crippen LogP contribution in [0.25, 0.3) is 0 Å². The zero-order chi connectivity index (χ0) is 11.5. The predicted molar refractivity (Wildman–Crippen MR) is 65.6 cm³/mol. The van der Waals surface area contributed by atoms with E-state index in [0.29, 0.717) is 4.83 Å². The average Bonchev–Trinajstić information content (AvgIpc) is 2.74. The Kier molecular flexibility index (Phi) is 3.71. The minimum Gasteiger partial charge on any atom is -0.497 e. The van der Waals surface area contributed by atoms with Crippen molar-refractivity contribution in [1.29, 1.82) is 0 Å². The molecule has 3 nitrogen and oxygen atoms in total. The maximum absolute atomic E-state index is 5.70. The Labute approximate surface area is 104 Å². The number of rotatable bonds is 3. The third-order valence-electron chi connectivity index (χ3n) is 2.77. The van der Waals surface area contributed by atoms with Gasteiger partial charge in [-0.15, -0.1) is 0 Å². The van der Waals surface area contributed by atoms with Crippen molar-refractivity contribution in [2.24, 2.45) is 0 Å². The monoisotopic (exact) mass is 286 g/mol. The number of halogens is 1. The van der Waals surface area contributed by atoms with Gasteiger partial charge in [0.25, 0.3) is 0 Å². The summed E-state index contributed by atoms with van der Waals surface area (Å²) in [5.74, 6) is 1.61. The van der Waals surface area contributed by atoms with Gasteiger partial charge in [0.05, 0.1) is 20.3 Å². The zero-order valence-electron chi connectivity index (χ0n) is 9.40. The summed E-state index contributed by atoms with van der Waals surface area (Å²) in [6.45, 7) is 0.787. The van der Waals surface area contributed by atoms with Gasteiger partial charge >= 0.3 is 0 Å². The lowest BCUT2D eigenvalue weighted by Gasteiger charge is -2.17. The van der Waals surface area contributed by atoms with Crippen molar-refractivity contribution in [3.63, 3.8) is 0 Å². The predicted octanol–water partition coefficient (Wildman–Crippen LogP) is 2.93. The van der Waals surface area contributed by atoms with Crippen molar-refractivity contribution >= 4 is 15.9 Å². The van der Waals surface area contributed by atoms with Crippen molar-refractivity contribution in [2.45, 2.75) is 17.4 Å². The van der Waals surface area contributed by atoms with Gasteiger partial charge in [0.2, 0.25) is 0 Å². The lowest BCUT2D eigenvalue weighted by molar-refractivity contribution is 0.112. The third kappa shape index (κ3) is 2.18. The first-order chi connectivity index (χ1) is 7.76. The molecule has 0 radical (unpaired) electrons. The minimum absolute atomic E-state index is 0.0702. The molecule has 1 aliphatic heterocycles. The summed E-state index contributed by atoms with van der Waals surface area (Å²) in [6, 6.07) is 5.82. The molecule has 88 valence electrons. The molecule has 4 heteroatoms. The largest absolute Gasteiger partial charge is 0.497 e. The van der Waals surface area contributed by atoms with Crippen LogP contribution in [-0.4, -0.2) is 25.7 Å². The average molecular weight is 287 g/mol. The number of ether oxygens (including phenoxy) is 3. The van der Waals surface area contributed by atoms with Crippen LogP contribution in [0.5, 0.6) is 11.5 Å². The molecule has 0 saturated carbocycles. The van der Waals surface area contributed by atoms with E-state index < -0.39 is 0 Å². The molecule has 2 unspecified atom stereocenters. The van der Waals surface area contributed by atoms with Gasteiger partial charge in [-0.3, -0.25) is 0 Å². The van der Waals surface area contributed by atoms with Crippen molar-refractivity contribution in [3.05, 3.63) is 23.8 Å². The highest BCUT2D eigenvalue weighted by Gasteiger charge is 2.29. The summed E-state index contributed by atoms with van der Waals surface area (Å²) < 4.78 is 16.2. The highest BCUT2D eigenvalue weighted by Crippen LogP contribution is 2.39. The molecule has 0 spiro atoms. The first-order valence-corrected chi connectivity index (χ1v) is 6.15. The first-order valence-electron chi connectivity index (χ1n) is 5.24. The highest BCUT2D eigenvalue weighted by molar-refractivity contribution is 9.09. The van der Waals surface area contributed by atoms with Crippen molar-refractivity contribution in [2.75, 3.05) is 20.8 Å². The quantitative estimate of drug-likeness (QED) is 0.800. The SMILES string of the molecule is COc1ccc(C2OCCC2Br)c(OC)c1. The second-order valence-corrected chi connectivity index (χ2v) is 4.88. The Balaban J connectivity index is 2.32. The molecule has 1 aliphatic rings. The van der Waals surface area contributed by atoms with E-state index in [0.717, 1.165) is 30.1 Å². The molecule has 0 aliphatic carbocycles. The van der Waals surface area contributed by atoms with Crippen LogP contribution in [0.1, 0.15) is 18.1 Å². The van der Waals surface area contributed by atoms with Crippen molar-refractivity contribution in [3.8, 4) is 11.5 Å². The van der Waals surface area contributed by atoms with Crippen LogP contribution in [0.15, 0.2) is 18.2 Å². The summed E-state index contributed by atoms with van der Waals surface area (Å²) in [7, 11) is 3.31. The molecular weight excluding hydrogens is 272 g/mol. The van der Waals surface area contributed by atoms with Crippen LogP contribution in [0.2, 0.25) is 0 Å². The number of alkyl halides is 1. The van der Waals surface area contributed by atoms with Gasteiger partial charge < -0.3 is 14.2 Å². The Morgan fingerprint density at radius 3 is 2.69 bits per heavy atom. The van der Waals surface area contributed by atoms with Gasteiger partial charge in [-0.25, -0.2) is 0 Å². The van der Waals surface area contributed by atoms with Gasteiger partial charge in [0.1, 0.15) is 11.5 Å². The molecule has 0 N–H and O–H groups in total. The van der Waals surface area contributed by atoms with Crippen LogP contribution in [0.3, 0.4) is 0 Å². The topological polar surface area (TPSA) is 27.7 Å². The number of hydrogen-bond acceptors (Lipinski definition) is 3. The van der Waals surface area contributed by atoms with Gasteiger partial charge in [0.15, 0.2) is 0 Å². The van der Waals surface area contributed by atoms with E-state index in [9.17, 15) is 0 Å². The lowest BCUT2D eigenvalue weighted by atomic mass is 10.1. The van der Waals surface area contributed by atoms with Crippen molar-refractivity contribution in [1.82, 2.24) is 0 Å². The molecule has 0 aromatic heterocycles. The second-order valence-electron chi connectivity index (χ2n) is 3.70. The Morgan fingerprint density at radius 1 is 1.31 bits per heavy atom. The lowest BCUT2D eigenvalue weighted by Crippen LogP contribution is -2.07. The van der Waals surface area contributed by atoms with Crippen LogP contribution >= 0.6 is 15.9 Å². The van der Waals surface area contributed by atoms with Crippen LogP contribution in [0, 0.1) is 0 Å². The van der Waals surface area contributed by atoms with E-state index in [1.807, 2.05) is 18.2 Å². The summed E-state index contributed by atoms with van der Waals surface area (Å²) in [4.78, 5) is 0.356. The zero-order valence-corrected chi connectivity index (χ0v) is 11.0. The number of methoxy groups -OCH3 is 2. The molecule has 2 atom stereocenters. The molecule has 16 heavy (non-hydrogen) atoms. The summed E-state index contributed by atoms with van der Waals surface area (Å²) in [5, 5.41) is 0.